The quantitative estimate of drug-likeness (QED) is 0.604. The van der Waals surface area contributed by atoms with Crippen LogP contribution >= 0.6 is 0 Å². The number of nitrogens with zero attached hydrogens (tertiary/aromatic N) is 1. The highest BCUT2D eigenvalue weighted by molar-refractivity contribution is 5.69. The Morgan fingerprint density at radius 2 is 1.84 bits per heavy atom. The maximum Gasteiger partial charge on any atom is 0.280 e. The molecule has 0 N–H and O–H groups in total. The van der Waals surface area contributed by atoms with Crippen molar-refractivity contribution in [3.63, 3.8) is 0 Å². The third-order valence-corrected chi connectivity index (χ3v) is 2.73. The van der Waals surface area contributed by atoms with Crippen LogP contribution in [0.5, 0.6) is 0 Å². The van der Waals surface area contributed by atoms with Crippen LogP contribution in [-0.4, -0.2) is 4.92 Å². The van der Waals surface area contributed by atoms with Crippen LogP contribution in [0.2, 0.25) is 0 Å². The Hall–Kier alpha value is -2.10. The SMILES string of the molecule is CC(C)(C)Cc1ccc(-c2ccccc2[N+](=O)[O-])o1. The molecular formula is C15H17NO3. The highest BCUT2D eigenvalue weighted by Crippen LogP contribution is 2.32. The summed E-state index contributed by atoms with van der Waals surface area (Å²) < 4.78 is 5.73. The third kappa shape index (κ3) is 3.22. The second-order valence-electron chi connectivity index (χ2n) is 5.78. The summed E-state index contributed by atoms with van der Waals surface area (Å²) in [5, 5.41) is 11.0. The predicted octanol–water partition coefficient (Wildman–Crippen LogP) is 4.44. The van der Waals surface area contributed by atoms with Gasteiger partial charge in [-0.1, -0.05) is 32.9 Å². The second kappa shape index (κ2) is 4.88. The lowest BCUT2D eigenvalue weighted by atomic mass is 9.91. The molecule has 2 rings (SSSR count). The van der Waals surface area contributed by atoms with Gasteiger partial charge >= 0.3 is 0 Å². The van der Waals surface area contributed by atoms with Gasteiger partial charge in [-0.3, -0.25) is 10.1 Å². The largest absolute Gasteiger partial charge is 0.461 e. The van der Waals surface area contributed by atoms with Crippen LogP contribution in [0.1, 0.15) is 26.5 Å². The van der Waals surface area contributed by atoms with Gasteiger partial charge in [-0.15, -0.1) is 0 Å². The maximum absolute atomic E-state index is 11.0. The van der Waals surface area contributed by atoms with Gasteiger partial charge in [-0.2, -0.15) is 0 Å². The number of nitro benzene ring substituents is 1. The Balaban J connectivity index is 2.36. The molecular weight excluding hydrogens is 242 g/mol. The Labute approximate surface area is 112 Å². The van der Waals surface area contributed by atoms with Crippen molar-refractivity contribution in [3.8, 4) is 11.3 Å². The van der Waals surface area contributed by atoms with Crippen molar-refractivity contribution < 1.29 is 9.34 Å². The third-order valence-electron chi connectivity index (χ3n) is 2.73. The first-order valence-electron chi connectivity index (χ1n) is 6.19. The van der Waals surface area contributed by atoms with Crippen LogP contribution < -0.4 is 0 Å². The van der Waals surface area contributed by atoms with Crippen LogP contribution in [0.15, 0.2) is 40.8 Å². The van der Waals surface area contributed by atoms with Gasteiger partial charge in [-0.25, -0.2) is 0 Å². The molecule has 0 amide bonds. The van der Waals surface area contributed by atoms with Crippen molar-refractivity contribution in [2.24, 2.45) is 5.41 Å². The molecule has 1 heterocycles. The molecule has 0 bridgehead atoms. The zero-order valence-corrected chi connectivity index (χ0v) is 11.3. The van der Waals surface area contributed by atoms with Crippen LogP contribution in [-0.2, 0) is 6.42 Å². The smallest absolute Gasteiger partial charge is 0.280 e. The minimum absolute atomic E-state index is 0.0687. The number of benzene rings is 1. The fraction of sp³-hybridized carbons (Fsp3) is 0.333. The minimum atomic E-state index is -0.388. The van der Waals surface area contributed by atoms with E-state index in [0.29, 0.717) is 11.3 Å². The van der Waals surface area contributed by atoms with E-state index in [1.54, 1.807) is 24.3 Å². The number of rotatable bonds is 3. The van der Waals surface area contributed by atoms with Crippen LogP contribution in [0.3, 0.4) is 0 Å². The molecule has 2 aromatic rings. The van der Waals surface area contributed by atoms with E-state index in [-0.39, 0.29) is 16.0 Å². The van der Waals surface area contributed by atoms with Gasteiger partial charge in [0.25, 0.3) is 5.69 Å². The Morgan fingerprint density at radius 1 is 1.16 bits per heavy atom. The van der Waals surface area contributed by atoms with Crippen molar-refractivity contribution in [2.45, 2.75) is 27.2 Å². The highest BCUT2D eigenvalue weighted by Gasteiger charge is 2.19. The highest BCUT2D eigenvalue weighted by atomic mass is 16.6. The Kier molecular flexibility index (Phi) is 3.42. The first kappa shape index (κ1) is 13.3. The lowest BCUT2D eigenvalue weighted by molar-refractivity contribution is -0.384. The van der Waals surface area contributed by atoms with E-state index in [1.807, 2.05) is 6.07 Å². The number of furan rings is 1. The van der Waals surface area contributed by atoms with Crippen molar-refractivity contribution in [1.29, 1.82) is 0 Å². The molecule has 100 valence electrons. The summed E-state index contributed by atoms with van der Waals surface area (Å²) in [6.07, 6.45) is 0.799. The second-order valence-corrected chi connectivity index (χ2v) is 5.78. The van der Waals surface area contributed by atoms with Crippen molar-refractivity contribution in [2.75, 3.05) is 0 Å². The van der Waals surface area contributed by atoms with E-state index in [1.165, 1.54) is 6.07 Å². The lowest BCUT2D eigenvalue weighted by Crippen LogP contribution is -2.08. The molecule has 0 radical (unpaired) electrons. The zero-order chi connectivity index (χ0) is 14.0. The van der Waals surface area contributed by atoms with Gasteiger partial charge in [0.15, 0.2) is 0 Å². The minimum Gasteiger partial charge on any atom is -0.461 e. The lowest BCUT2D eigenvalue weighted by Gasteiger charge is -2.15. The van der Waals surface area contributed by atoms with Gasteiger partial charge in [0.2, 0.25) is 0 Å². The summed E-state index contributed by atoms with van der Waals surface area (Å²) in [5.74, 6) is 1.40. The molecule has 4 nitrogen and oxygen atoms in total. The van der Waals surface area contributed by atoms with Gasteiger partial charge in [0.1, 0.15) is 11.5 Å². The number of para-hydroxylation sites is 1. The first-order valence-corrected chi connectivity index (χ1v) is 6.19. The molecule has 0 atom stereocenters. The van der Waals surface area contributed by atoms with E-state index in [9.17, 15) is 10.1 Å². The molecule has 1 aromatic heterocycles. The van der Waals surface area contributed by atoms with Crippen LogP contribution in [0, 0.1) is 15.5 Å². The normalized spacial score (nSPS) is 11.5. The van der Waals surface area contributed by atoms with Gasteiger partial charge < -0.3 is 4.42 Å². The summed E-state index contributed by atoms with van der Waals surface area (Å²) in [6, 6.07) is 10.3. The summed E-state index contributed by atoms with van der Waals surface area (Å²) >= 11 is 0. The van der Waals surface area contributed by atoms with E-state index < -0.39 is 0 Å². The fourth-order valence-corrected chi connectivity index (χ4v) is 1.98. The van der Waals surface area contributed by atoms with Crippen LogP contribution in [0.25, 0.3) is 11.3 Å². The molecule has 0 fully saturated rings. The summed E-state index contributed by atoms with van der Waals surface area (Å²) in [5.41, 5.74) is 0.712. The average molecular weight is 259 g/mol. The standard InChI is InChI=1S/C15H17NO3/c1-15(2,3)10-11-8-9-14(19-11)12-6-4-5-7-13(12)16(17)18/h4-9H,10H2,1-3H3. The molecule has 0 spiro atoms. The van der Waals surface area contributed by atoms with E-state index in [4.69, 9.17) is 4.42 Å². The Morgan fingerprint density at radius 3 is 2.47 bits per heavy atom. The molecule has 0 saturated carbocycles. The first-order chi connectivity index (χ1) is 8.87. The van der Waals surface area contributed by atoms with Gasteiger partial charge in [0.05, 0.1) is 10.5 Å². The topological polar surface area (TPSA) is 56.3 Å². The zero-order valence-electron chi connectivity index (χ0n) is 11.3. The summed E-state index contributed by atoms with van der Waals surface area (Å²) in [6.45, 7) is 6.38. The van der Waals surface area contributed by atoms with Crippen molar-refractivity contribution in [1.82, 2.24) is 0 Å². The van der Waals surface area contributed by atoms with Crippen LogP contribution in [0.4, 0.5) is 5.69 Å². The van der Waals surface area contributed by atoms with E-state index in [0.717, 1.165) is 12.2 Å². The Bertz CT molecular complexity index is 593. The van der Waals surface area contributed by atoms with Crippen molar-refractivity contribution in [3.05, 3.63) is 52.3 Å². The molecule has 1 aromatic carbocycles. The van der Waals surface area contributed by atoms with Gasteiger partial charge in [-0.05, 0) is 23.6 Å². The molecule has 0 saturated heterocycles. The summed E-state index contributed by atoms with van der Waals surface area (Å²) in [7, 11) is 0. The number of hydrogen-bond acceptors (Lipinski definition) is 3. The fourth-order valence-electron chi connectivity index (χ4n) is 1.98. The summed E-state index contributed by atoms with van der Waals surface area (Å²) in [4.78, 5) is 10.6. The molecule has 0 aliphatic carbocycles. The predicted molar refractivity (Wildman–Crippen MR) is 74.0 cm³/mol. The average Bonchev–Trinajstić information content (AvgIpc) is 2.75. The van der Waals surface area contributed by atoms with E-state index in [2.05, 4.69) is 20.8 Å². The van der Waals surface area contributed by atoms with Crippen molar-refractivity contribution >= 4 is 5.69 Å². The molecule has 0 aliphatic heterocycles. The monoisotopic (exact) mass is 259 g/mol. The molecule has 19 heavy (non-hydrogen) atoms. The van der Waals surface area contributed by atoms with Gasteiger partial charge in [0, 0.05) is 12.5 Å². The van der Waals surface area contributed by atoms with E-state index >= 15 is 0 Å². The molecule has 0 unspecified atom stereocenters. The number of hydrogen-bond donors (Lipinski definition) is 0. The molecule has 4 heteroatoms. The number of nitro groups is 1. The molecule has 0 aliphatic rings. The maximum atomic E-state index is 11.0.